The predicted molar refractivity (Wildman–Crippen MR) is 65.1 cm³/mol. The number of nitrogens with two attached hydrogens (primary N) is 1. The second kappa shape index (κ2) is 3.81. The van der Waals surface area contributed by atoms with Crippen molar-refractivity contribution >= 4 is 11.0 Å². The Morgan fingerprint density at radius 2 is 2.29 bits per heavy atom. The van der Waals surface area contributed by atoms with Gasteiger partial charge in [-0.2, -0.15) is 0 Å². The molecule has 1 unspecified atom stereocenters. The molecule has 1 atom stereocenters. The maximum absolute atomic E-state index is 13.1. The number of fused-ring (bicyclic) bond motifs is 1. The minimum absolute atomic E-state index is 0.190. The van der Waals surface area contributed by atoms with Crippen LogP contribution in [0.1, 0.15) is 18.7 Å². The van der Waals surface area contributed by atoms with Crippen molar-refractivity contribution < 1.29 is 4.39 Å². The molecule has 1 heterocycles. The van der Waals surface area contributed by atoms with Crippen molar-refractivity contribution in [3.8, 4) is 0 Å². The molecule has 1 fully saturated rings. The highest BCUT2D eigenvalue weighted by atomic mass is 19.1. The van der Waals surface area contributed by atoms with Crippen LogP contribution in [0.5, 0.6) is 0 Å². The van der Waals surface area contributed by atoms with Gasteiger partial charge in [-0.3, -0.25) is 0 Å². The van der Waals surface area contributed by atoms with E-state index in [4.69, 9.17) is 5.73 Å². The molecule has 0 bridgehead atoms. The van der Waals surface area contributed by atoms with Gasteiger partial charge in [-0.1, -0.05) is 0 Å². The Balaban J connectivity index is 1.95. The molecule has 3 nitrogen and oxygen atoms in total. The molecule has 90 valence electrons. The molecule has 1 aliphatic carbocycles. The zero-order valence-corrected chi connectivity index (χ0v) is 9.86. The lowest BCUT2D eigenvalue weighted by Crippen LogP contribution is -2.26. The molecule has 0 amide bonds. The molecule has 1 aromatic carbocycles. The Kier molecular flexibility index (Phi) is 2.40. The highest BCUT2D eigenvalue weighted by Gasteiger charge is 2.29. The van der Waals surface area contributed by atoms with Gasteiger partial charge in [0.2, 0.25) is 0 Å². The lowest BCUT2D eigenvalue weighted by Gasteiger charge is -2.09. The van der Waals surface area contributed by atoms with Crippen LogP contribution in [0.25, 0.3) is 11.0 Å². The van der Waals surface area contributed by atoms with E-state index in [0.717, 1.165) is 17.8 Å². The average Bonchev–Trinajstić information content (AvgIpc) is 3.07. The van der Waals surface area contributed by atoms with Crippen LogP contribution in [0, 0.1) is 11.7 Å². The lowest BCUT2D eigenvalue weighted by molar-refractivity contribution is 0.566. The molecule has 4 heteroatoms. The van der Waals surface area contributed by atoms with Crippen molar-refractivity contribution in [2.24, 2.45) is 18.7 Å². The van der Waals surface area contributed by atoms with Crippen LogP contribution < -0.4 is 5.73 Å². The standard InChI is InChI=1S/C13H16FN3/c1-17-12-5-4-9(14)6-11(12)16-13(17)7-10(15)8-2-3-8/h4-6,8,10H,2-3,7,15H2,1H3. The molecule has 1 saturated carbocycles. The number of hydrogen-bond donors (Lipinski definition) is 1. The van der Waals surface area contributed by atoms with Crippen molar-refractivity contribution in [3.63, 3.8) is 0 Å². The number of aryl methyl sites for hydroxylation is 1. The SMILES string of the molecule is Cn1c(CC(N)C2CC2)nc2cc(F)ccc21. The molecule has 1 aromatic heterocycles. The summed E-state index contributed by atoms with van der Waals surface area (Å²) >= 11 is 0. The van der Waals surface area contributed by atoms with E-state index in [1.54, 1.807) is 6.07 Å². The van der Waals surface area contributed by atoms with E-state index in [1.807, 2.05) is 11.6 Å². The third kappa shape index (κ3) is 1.93. The number of aromatic nitrogens is 2. The van der Waals surface area contributed by atoms with Crippen molar-refractivity contribution in [1.82, 2.24) is 9.55 Å². The zero-order chi connectivity index (χ0) is 12.0. The number of halogens is 1. The fraction of sp³-hybridized carbons (Fsp3) is 0.462. The lowest BCUT2D eigenvalue weighted by atomic mass is 10.1. The average molecular weight is 233 g/mol. The largest absolute Gasteiger partial charge is 0.331 e. The van der Waals surface area contributed by atoms with Crippen LogP contribution in [0.2, 0.25) is 0 Å². The van der Waals surface area contributed by atoms with Crippen molar-refractivity contribution in [2.45, 2.75) is 25.3 Å². The normalized spacial score (nSPS) is 17.6. The van der Waals surface area contributed by atoms with Gasteiger partial charge in [0.15, 0.2) is 0 Å². The van der Waals surface area contributed by atoms with Gasteiger partial charge >= 0.3 is 0 Å². The fourth-order valence-electron chi connectivity index (χ4n) is 2.31. The molecule has 3 rings (SSSR count). The van der Waals surface area contributed by atoms with Gasteiger partial charge < -0.3 is 10.3 Å². The number of hydrogen-bond acceptors (Lipinski definition) is 2. The van der Waals surface area contributed by atoms with Gasteiger partial charge in [0.1, 0.15) is 11.6 Å². The Bertz CT molecular complexity index is 557. The molecular weight excluding hydrogens is 217 g/mol. The van der Waals surface area contributed by atoms with Crippen molar-refractivity contribution in [1.29, 1.82) is 0 Å². The van der Waals surface area contributed by atoms with Crippen LogP contribution in [0.15, 0.2) is 18.2 Å². The highest BCUT2D eigenvalue weighted by molar-refractivity contribution is 5.75. The minimum atomic E-state index is -0.242. The van der Waals surface area contributed by atoms with Gasteiger partial charge in [-0.05, 0) is 30.9 Å². The van der Waals surface area contributed by atoms with Gasteiger partial charge in [0, 0.05) is 25.6 Å². The third-order valence-corrected chi connectivity index (χ3v) is 3.58. The first-order valence-electron chi connectivity index (χ1n) is 6.01. The molecule has 0 saturated heterocycles. The summed E-state index contributed by atoms with van der Waals surface area (Å²) in [4.78, 5) is 4.47. The zero-order valence-electron chi connectivity index (χ0n) is 9.86. The monoisotopic (exact) mass is 233 g/mol. The van der Waals surface area contributed by atoms with E-state index in [-0.39, 0.29) is 11.9 Å². The fourth-order valence-corrected chi connectivity index (χ4v) is 2.31. The molecule has 0 aliphatic heterocycles. The summed E-state index contributed by atoms with van der Waals surface area (Å²) < 4.78 is 15.1. The van der Waals surface area contributed by atoms with Gasteiger partial charge in [-0.15, -0.1) is 0 Å². The van der Waals surface area contributed by atoms with E-state index in [2.05, 4.69) is 4.98 Å². The number of nitrogens with zero attached hydrogens (tertiary/aromatic N) is 2. The second-order valence-corrected chi connectivity index (χ2v) is 4.93. The van der Waals surface area contributed by atoms with Crippen LogP contribution in [-0.4, -0.2) is 15.6 Å². The summed E-state index contributed by atoms with van der Waals surface area (Å²) in [6.45, 7) is 0. The molecule has 0 spiro atoms. The topological polar surface area (TPSA) is 43.8 Å². The van der Waals surface area contributed by atoms with E-state index in [9.17, 15) is 4.39 Å². The van der Waals surface area contributed by atoms with Gasteiger partial charge in [-0.25, -0.2) is 9.37 Å². The van der Waals surface area contributed by atoms with Crippen molar-refractivity contribution in [2.75, 3.05) is 0 Å². The molecule has 0 radical (unpaired) electrons. The number of rotatable bonds is 3. The summed E-state index contributed by atoms with van der Waals surface area (Å²) in [6, 6.07) is 4.90. The maximum Gasteiger partial charge on any atom is 0.125 e. The maximum atomic E-state index is 13.1. The third-order valence-electron chi connectivity index (χ3n) is 3.58. The smallest absolute Gasteiger partial charge is 0.125 e. The molecule has 1 aliphatic rings. The molecule has 2 N–H and O–H groups in total. The van der Waals surface area contributed by atoms with E-state index >= 15 is 0 Å². The van der Waals surface area contributed by atoms with E-state index in [1.165, 1.54) is 25.0 Å². The summed E-state index contributed by atoms with van der Waals surface area (Å²) in [5.41, 5.74) is 7.78. The Hall–Kier alpha value is -1.42. The van der Waals surface area contributed by atoms with E-state index in [0.29, 0.717) is 11.4 Å². The second-order valence-electron chi connectivity index (χ2n) is 4.93. The van der Waals surface area contributed by atoms with Crippen LogP contribution in [0.3, 0.4) is 0 Å². The van der Waals surface area contributed by atoms with Crippen LogP contribution >= 0.6 is 0 Å². The first-order valence-corrected chi connectivity index (χ1v) is 6.01. The summed E-state index contributed by atoms with van der Waals surface area (Å²) in [7, 11) is 1.96. The quantitative estimate of drug-likeness (QED) is 0.881. The number of imidazole rings is 1. The first-order chi connectivity index (χ1) is 8.15. The number of benzene rings is 1. The van der Waals surface area contributed by atoms with Gasteiger partial charge in [0.05, 0.1) is 11.0 Å². The summed E-state index contributed by atoms with van der Waals surface area (Å²) in [5, 5.41) is 0. The van der Waals surface area contributed by atoms with Gasteiger partial charge in [0.25, 0.3) is 0 Å². The van der Waals surface area contributed by atoms with Crippen LogP contribution in [0.4, 0.5) is 4.39 Å². The molecular formula is C13H16FN3. The predicted octanol–water partition coefficient (Wildman–Crippen LogP) is 1.99. The Morgan fingerprint density at radius 3 is 3.00 bits per heavy atom. The van der Waals surface area contributed by atoms with E-state index < -0.39 is 0 Å². The summed E-state index contributed by atoms with van der Waals surface area (Å²) in [5.74, 6) is 1.37. The minimum Gasteiger partial charge on any atom is -0.331 e. The Labute approximate surface area is 99.4 Å². The summed E-state index contributed by atoms with van der Waals surface area (Å²) in [6.07, 6.45) is 3.25. The first kappa shape index (κ1) is 10.7. The Morgan fingerprint density at radius 1 is 1.53 bits per heavy atom. The molecule has 17 heavy (non-hydrogen) atoms. The highest BCUT2D eigenvalue weighted by Crippen LogP contribution is 2.33. The van der Waals surface area contributed by atoms with Crippen molar-refractivity contribution in [3.05, 3.63) is 29.8 Å². The van der Waals surface area contributed by atoms with Crippen LogP contribution in [-0.2, 0) is 13.5 Å². The molecule has 2 aromatic rings.